The Kier molecular flexibility index (Phi) is 3.59. The van der Waals surface area contributed by atoms with Crippen LogP contribution in [0.25, 0.3) is 5.69 Å². The lowest BCUT2D eigenvalue weighted by Gasteiger charge is -2.15. The van der Waals surface area contributed by atoms with E-state index in [1.165, 1.54) is 4.57 Å². The Hall–Kier alpha value is -2.65. The molecule has 96 valence electrons. The number of nitrogens with zero attached hydrogens (tertiary/aromatic N) is 4. The van der Waals surface area contributed by atoms with Gasteiger partial charge in [-0.25, -0.2) is 15.2 Å². The first-order valence-corrected chi connectivity index (χ1v) is 5.62. The third-order valence-electron chi connectivity index (χ3n) is 2.51. The molecular formula is C13H13N5O. The Labute approximate surface area is 110 Å². The summed E-state index contributed by atoms with van der Waals surface area (Å²) in [5.74, 6) is 8.63. The number of para-hydroxylation sites is 1. The Morgan fingerprint density at radius 2 is 2.05 bits per heavy atom. The lowest BCUT2D eigenvalue weighted by atomic mass is 10.3. The number of aromatic nitrogens is 3. The van der Waals surface area contributed by atoms with Crippen molar-refractivity contribution in [3.8, 4) is 18.0 Å². The van der Waals surface area contributed by atoms with E-state index in [2.05, 4.69) is 15.9 Å². The zero-order valence-corrected chi connectivity index (χ0v) is 10.4. The maximum Gasteiger partial charge on any atom is 0.356 e. The first-order valence-electron chi connectivity index (χ1n) is 5.62. The van der Waals surface area contributed by atoms with Gasteiger partial charge in [0.1, 0.15) is 5.82 Å². The van der Waals surface area contributed by atoms with Crippen LogP contribution in [-0.4, -0.2) is 21.1 Å². The van der Waals surface area contributed by atoms with Crippen LogP contribution in [0.15, 0.2) is 35.1 Å². The predicted octanol–water partition coefficient (Wildman–Crippen LogP) is 0.249. The summed E-state index contributed by atoms with van der Waals surface area (Å²) in [5, 5.41) is 1.16. The Morgan fingerprint density at radius 1 is 1.37 bits per heavy atom. The molecule has 0 fully saturated rings. The first kappa shape index (κ1) is 12.8. The quantitative estimate of drug-likeness (QED) is 0.483. The molecule has 6 heteroatoms. The van der Waals surface area contributed by atoms with Gasteiger partial charge in [-0.2, -0.15) is 9.97 Å². The summed E-state index contributed by atoms with van der Waals surface area (Å²) in [6, 6.07) is 9.15. The van der Waals surface area contributed by atoms with Crippen LogP contribution in [0.4, 0.5) is 5.95 Å². The van der Waals surface area contributed by atoms with Gasteiger partial charge in [-0.15, -0.1) is 6.42 Å². The molecule has 19 heavy (non-hydrogen) atoms. The van der Waals surface area contributed by atoms with E-state index in [1.54, 1.807) is 19.1 Å². The molecule has 2 N–H and O–H groups in total. The van der Waals surface area contributed by atoms with Crippen LogP contribution in [0, 0.1) is 19.3 Å². The Bertz CT molecular complexity index is 672. The number of anilines is 1. The lowest BCUT2D eigenvalue weighted by molar-refractivity contribution is 0.771. The number of benzene rings is 1. The number of nitrogens with two attached hydrogens (primary N) is 1. The molecule has 0 aliphatic heterocycles. The largest absolute Gasteiger partial charge is 0.356 e. The number of hydrazine groups is 1. The van der Waals surface area contributed by atoms with Crippen LogP contribution in [-0.2, 0) is 0 Å². The molecule has 2 aromatic rings. The molecule has 0 saturated heterocycles. The molecule has 1 heterocycles. The fourth-order valence-corrected chi connectivity index (χ4v) is 1.67. The molecule has 0 bridgehead atoms. The first-order chi connectivity index (χ1) is 9.13. The summed E-state index contributed by atoms with van der Waals surface area (Å²) >= 11 is 0. The third kappa shape index (κ3) is 2.61. The van der Waals surface area contributed by atoms with Crippen molar-refractivity contribution in [1.82, 2.24) is 14.5 Å². The summed E-state index contributed by atoms with van der Waals surface area (Å²) < 4.78 is 1.41. The zero-order chi connectivity index (χ0) is 13.8. The van der Waals surface area contributed by atoms with Crippen LogP contribution >= 0.6 is 0 Å². The topological polar surface area (TPSA) is 77.0 Å². The second kappa shape index (κ2) is 5.33. The standard InChI is InChI=1S/C13H13N5O/c1-3-9-17(14)12-15-10(2)18(13(19)16-12)11-7-5-4-6-8-11/h1,4-8H,9,14H2,2H3. The van der Waals surface area contributed by atoms with Crippen molar-refractivity contribution in [2.45, 2.75) is 6.92 Å². The number of terminal acetylenes is 1. The van der Waals surface area contributed by atoms with Crippen molar-refractivity contribution < 1.29 is 0 Å². The van der Waals surface area contributed by atoms with E-state index in [1.807, 2.05) is 18.2 Å². The number of aryl methyl sites for hydroxylation is 1. The molecule has 1 aromatic carbocycles. The van der Waals surface area contributed by atoms with Gasteiger partial charge in [0, 0.05) is 0 Å². The summed E-state index contributed by atoms with van der Waals surface area (Å²) in [6.45, 7) is 1.84. The minimum atomic E-state index is -0.443. The van der Waals surface area contributed by atoms with Gasteiger partial charge in [0.05, 0.1) is 12.2 Å². The van der Waals surface area contributed by atoms with Gasteiger partial charge in [-0.3, -0.25) is 5.01 Å². The third-order valence-corrected chi connectivity index (χ3v) is 2.51. The molecule has 0 radical (unpaired) electrons. The lowest BCUT2D eigenvalue weighted by Crippen LogP contribution is -2.36. The summed E-state index contributed by atoms with van der Waals surface area (Å²) in [6.07, 6.45) is 5.15. The van der Waals surface area contributed by atoms with Crippen LogP contribution in [0.5, 0.6) is 0 Å². The van der Waals surface area contributed by atoms with E-state index < -0.39 is 5.69 Å². The molecule has 6 nitrogen and oxygen atoms in total. The maximum absolute atomic E-state index is 12.0. The molecule has 0 aliphatic carbocycles. The summed E-state index contributed by atoms with van der Waals surface area (Å²) in [5.41, 5.74) is 0.262. The van der Waals surface area contributed by atoms with Crippen LogP contribution in [0.3, 0.4) is 0 Å². The van der Waals surface area contributed by atoms with Crippen LogP contribution in [0.2, 0.25) is 0 Å². The highest BCUT2D eigenvalue weighted by molar-refractivity contribution is 5.35. The van der Waals surface area contributed by atoms with Crippen molar-refractivity contribution in [2.24, 2.45) is 5.84 Å². The zero-order valence-electron chi connectivity index (χ0n) is 10.4. The number of rotatable bonds is 3. The fraction of sp³-hybridized carbons (Fsp3) is 0.154. The monoisotopic (exact) mass is 255 g/mol. The van der Waals surface area contributed by atoms with Gasteiger partial charge >= 0.3 is 5.69 Å². The Balaban J connectivity index is 2.51. The molecule has 0 amide bonds. The molecular weight excluding hydrogens is 242 g/mol. The highest BCUT2D eigenvalue weighted by atomic mass is 16.1. The van der Waals surface area contributed by atoms with Crippen molar-refractivity contribution in [1.29, 1.82) is 0 Å². The maximum atomic E-state index is 12.0. The molecule has 2 rings (SSSR count). The molecule has 0 aliphatic rings. The molecule has 0 saturated carbocycles. The van der Waals surface area contributed by atoms with E-state index in [9.17, 15) is 4.79 Å². The van der Waals surface area contributed by atoms with Gasteiger partial charge in [0.25, 0.3) is 0 Å². The molecule has 0 spiro atoms. The van der Waals surface area contributed by atoms with Gasteiger partial charge < -0.3 is 0 Å². The minimum Gasteiger partial charge on any atom is -0.266 e. The van der Waals surface area contributed by atoms with Crippen molar-refractivity contribution in [2.75, 3.05) is 11.6 Å². The normalized spacial score (nSPS) is 9.95. The van der Waals surface area contributed by atoms with E-state index in [0.717, 1.165) is 5.01 Å². The predicted molar refractivity (Wildman–Crippen MR) is 72.7 cm³/mol. The average molecular weight is 255 g/mol. The van der Waals surface area contributed by atoms with Gasteiger partial charge in [-0.05, 0) is 19.1 Å². The molecule has 0 unspecified atom stereocenters. The van der Waals surface area contributed by atoms with Crippen molar-refractivity contribution in [3.05, 3.63) is 46.6 Å². The highest BCUT2D eigenvalue weighted by Gasteiger charge is 2.11. The Morgan fingerprint density at radius 3 is 2.63 bits per heavy atom. The van der Waals surface area contributed by atoms with Crippen molar-refractivity contribution >= 4 is 5.95 Å². The van der Waals surface area contributed by atoms with Gasteiger partial charge in [-0.1, -0.05) is 24.1 Å². The van der Waals surface area contributed by atoms with Crippen LogP contribution < -0.4 is 16.5 Å². The average Bonchev–Trinajstić information content (AvgIpc) is 2.39. The molecule has 0 atom stereocenters. The SMILES string of the molecule is C#CCN(N)c1nc(C)n(-c2ccccc2)c(=O)n1. The second-order valence-electron chi connectivity index (χ2n) is 3.86. The molecule has 1 aromatic heterocycles. The summed E-state index contributed by atoms with van der Waals surface area (Å²) in [7, 11) is 0. The van der Waals surface area contributed by atoms with E-state index in [4.69, 9.17) is 12.3 Å². The summed E-state index contributed by atoms with van der Waals surface area (Å²) in [4.78, 5) is 20.1. The second-order valence-corrected chi connectivity index (χ2v) is 3.86. The van der Waals surface area contributed by atoms with Crippen LogP contribution in [0.1, 0.15) is 5.82 Å². The van der Waals surface area contributed by atoms with Gasteiger partial charge in [0.2, 0.25) is 5.95 Å². The highest BCUT2D eigenvalue weighted by Crippen LogP contribution is 2.07. The minimum absolute atomic E-state index is 0.118. The smallest absolute Gasteiger partial charge is 0.266 e. The van der Waals surface area contributed by atoms with E-state index in [-0.39, 0.29) is 12.5 Å². The van der Waals surface area contributed by atoms with E-state index >= 15 is 0 Å². The van der Waals surface area contributed by atoms with Crippen molar-refractivity contribution in [3.63, 3.8) is 0 Å². The number of hydrogen-bond acceptors (Lipinski definition) is 5. The van der Waals surface area contributed by atoms with E-state index in [0.29, 0.717) is 11.5 Å². The van der Waals surface area contributed by atoms with Gasteiger partial charge in [0.15, 0.2) is 0 Å². The fourth-order valence-electron chi connectivity index (χ4n) is 1.67. The number of hydrogen-bond donors (Lipinski definition) is 1.